The van der Waals surface area contributed by atoms with Crippen molar-refractivity contribution >= 4 is 11.9 Å². The fraction of sp³-hybridized carbons (Fsp3) is 0.316. The minimum atomic E-state index is -0.563. The van der Waals surface area contributed by atoms with Crippen molar-refractivity contribution in [2.24, 2.45) is 0 Å². The maximum absolute atomic E-state index is 12.3. The number of ether oxygens (including phenoxy) is 2. The van der Waals surface area contributed by atoms with Crippen molar-refractivity contribution in [3.05, 3.63) is 57.9 Å². The van der Waals surface area contributed by atoms with Crippen molar-refractivity contribution < 1.29 is 19.1 Å². The minimum absolute atomic E-state index is 0.0393. The number of esters is 2. The molecule has 0 saturated heterocycles. The van der Waals surface area contributed by atoms with Crippen LogP contribution in [0, 0.1) is 25.2 Å². The van der Waals surface area contributed by atoms with Gasteiger partial charge in [0.25, 0.3) is 0 Å². The van der Waals surface area contributed by atoms with Gasteiger partial charge in [-0.05, 0) is 51.0 Å². The fourth-order valence-electron chi connectivity index (χ4n) is 2.49. The van der Waals surface area contributed by atoms with Crippen LogP contribution in [-0.4, -0.2) is 23.0 Å². The van der Waals surface area contributed by atoms with Crippen LogP contribution >= 0.6 is 0 Å². The van der Waals surface area contributed by atoms with Gasteiger partial charge in [0, 0.05) is 5.69 Å². The van der Waals surface area contributed by atoms with Gasteiger partial charge in [0.15, 0.2) is 0 Å². The molecule has 0 spiro atoms. The lowest BCUT2D eigenvalue weighted by Gasteiger charge is -2.08. The van der Waals surface area contributed by atoms with Crippen LogP contribution in [0.2, 0.25) is 0 Å². The van der Waals surface area contributed by atoms with Gasteiger partial charge in [-0.3, -0.25) is 0 Å². The molecule has 0 amide bonds. The lowest BCUT2D eigenvalue weighted by atomic mass is 10.1. The van der Waals surface area contributed by atoms with Crippen molar-refractivity contribution in [2.45, 2.75) is 40.4 Å². The maximum atomic E-state index is 12.3. The predicted molar refractivity (Wildman–Crippen MR) is 91.1 cm³/mol. The van der Waals surface area contributed by atoms with E-state index in [1.165, 1.54) is 0 Å². The molecule has 1 aromatic heterocycles. The first-order chi connectivity index (χ1) is 11.8. The molecule has 1 N–H and O–H groups in total. The van der Waals surface area contributed by atoms with Crippen LogP contribution in [0.25, 0.3) is 0 Å². The minimum Gasteiger partial charge on any atom is -0.459 e. The quantitative estimate of drug-likeness (QED) is 0.842. The normalized spacial score (nSPS) is 10.4. The van der Waals surface area contributed by atoms with Gasteiger partial charge in [0.2, 0.25) is 0 Å². The summed E-state index contributed by atoms with van der Waals surface area (Å²) in [5.74, 6) is -1.03. The Hall–Kier alpha value is -3.07. The highest BCUT2D eigenvalue weighted by atomic mass is 16.5. The average Bonchev–Trinajstić information content (AvgIpc) is 2.87. The van der Waals surface area contributed by atoms with Gasteiger partial charge in [-0.1, -0.05) is 12.1 Å². The van der Waals surface area contributed by atoms with Gasteiger partial charge in [0.1, 0.15) is 12.3 Å². The third kappa shape index (κ3) is 4.27. The second-order valence-electron chi connectivity index (χ2n) is 5.97. The summed E-state index contributed by atoms with van der Waals surface area (Å²) in [7, 11) is 0. The van der Waals surface area contributed by atoms with Crippen molar-refractivity contribution in [3.63, 3.8) is 0 Å². The molecule has 6 nitrogen and oxygen atoms in total. The number of carbonyl (C=O) groups excluding carboxylic acids is 2. The van der Waals surface area contributed by atoms with E-state index in [4.69, 9.17) is 14.7 Å². The third-order valence-corrected chi connectivity index (χ3v) is 3.61. The summed E-state index contributed by atoms with van der Waals surface area (Å²) in [5.41, 5.74) is 2.85. The molecule has 0 bridgehead atoms. The summed E-state index contributed by atoms with van der Waals surface area (Å²) in [4.78, 5) is 27.4. The molecule has 0 atom stereocenters. The van der Waals surface area contributed by atoms with Crippen molar-refractivity contribution in [3.8, 4) is 6.07 Å². The van der Waals surface area contributed by atoms with Crippen LogP contribution in [0.4, 0.5) is 0 Å². The van der Waals surface area contributed by atoms with Gasteiger partial charge < -0.3 is 14.5 Å². The van der Waals surface area contributed by atoms with Gasteiger partial charge in [-0.25, -0.2) is 9.59 Å². The van der Waals surface area contributed by atoms with Crippen LogP contribution in [0.5, 0.6) is 0 Å². The Morgan fingerprint density at radius 2 is 1.96 bits per heavy atom. The Labute approximate surface area is 146 Å². The molecule has 1 heterocycles. The number of aromatic nitrogens is 1. The van der Waals surface area contributed by atoms with Crippen LogP contribution in [0.15, 0.2) is 24.3 Å². The first-order valence-electron chi connectivity index (χ1n) is 7.89. The number of rotatable bonds is 5. The van der Waals surface area contributed by atoms with E-state index >= 15 is 0 Å². The molecular weight excluding hydrogens is 320 g/mol. The molecule has 6 heteroatoms. The second kappa shape index (κ2) is 7.67. The topological polar surface area (TPSA) is 92.2 Å². The van der Waals surface area contributed by atoms with Crippen molar-refractivity contribution in [2.75, 3.05) is 0 Å². The van der Waals surface area contributed by atoms with Gasteiger partial charge in [-0.2, -0.15) is 5.26 Å². The summed E-state index contributed by atoms with van der Waals surface area (Å²) in [6.45, 7) is 6.95. The number of nitrogens with one attached hydrogen (secondary N) is 1. The number of carbonyl (C=O) groups is 2. The SMILES string of the molecule is Cc1[nH]c(C(=O)OCc2cccc(C#N)c2)c(C)c1C(=O)OC(C)C. The fourth-order valence-corrected chi connectivity index (χ4v) is 2.49. The molecule has 0 radical (unpaired) electrons. The number of nitrogens with zero attached hydrogens (tertiary/aromatic N) is 1. The molecule has 0 fully saturated rings. The standard InChI is InChI=1S/C19H20N2O4/c1-11(2)25-18(22)16-12(3)17(21-13(16)4)19(23)24-10-15-7-5-6-14(8-15)9-20/h5-8,11,21H,10H2,1-4H3. The molecule has 0 saturated carbocycles. The van der Waals surface area contributed by atoms with Crippen LogP contribution < -0.4 is 0 Å². The highest BCUT2D eigenvalue weighted by Gasteiger charge is 2.24. The number of H-pyrrole nitrogens is 1. The predicted octanol–water partition coefficient (Wildman–Crippen LogP) is 3.43. The number of hydrogen-bond donors (Lipinski definition) is 1. The molecule has 1 aromatic carbocycles. The van der Waals surface area contributed by atoms with Crippen molar-refractivity contribution in [1.82, 2.24) is 4.98 Å². The van der Waals surface area contributed by atoms with Gasteiger partial charge >= 0.3 is 11.9 Å². The summed E-state index contributed by atoms with van der Waals surface area (Å²) in [5, 5.41) is 8.89. The highest BCUT2D eigenvalue weighted by molar-refractivity contribution is 5.98. The van der Waals surface area contributed by atoms with E-state index in [0.717, 1.165) is 0 Å². The Morgan fingerprint density at radius 3 is 2.60 bits per heavy atom. The number of hydrogen-bond acceptors (Lipinski definition) is 5. The van der Waals surface area contributed by atoms with Crippen LogP contribution in [0.1, 0.15) is 57.1 Å². The largest absolute Gasteiger partial charge is 0.459 e. The van der Waals surface area contributed by atoms with Crippen LogP contribution in [-0.2, 0) is 16.1 Å². The van der Waals surface area contributed by atoms with E-state index in [9.17, 15) is 9.59 Å². The zero-order valence-electron chi connectivity index (χ0n) is 14.7. The van der Waals surface area contributed by atoms with Gasteiger partial charge in [0.05, 0.1) is 23.3 Å². The smallest absolute Gasteiger partial charge is 0.355 e. The van der Waals surface area contributed by atoms with E-state index in [-0.39, 0.29) is 18.4 Å². The number of nitriles is 1. The summed E-state index contributed by atoms with van der Waals surface area (Å²) >= 11 is 0. The maximum Gasteiger partial charge on any atom is 0.355 e. The molecule has 0 aliphatic rings. The molecule has 0 aliphatic heterocycles. The lowest BCUT2D eigenvalue weighted by Crippen LogP contribution is -2.13. The lowest BCUT2D eigenvalue weighted by molar-refractivity contribution is 0.0376. The summed E-state index contributed by atoms with van der Waals surface area (Å²) in [6, 6.07) is 8.87. The van der Waals surface area contributed by atoms with E-state index in [1.54, 1.807) is 52.0 Å². The molecule has 0 unspecified atom stereocenters. The van der Waals surface area contributed by atoms with E-state index in [2.05, 4.69) is 4.98 Å². The van der Waals surface area contributed by atoms with E-state index < -0.39 is 11.9 Å². The second-order valence-corrected chi connectivity index (χ2v) is 5.97. The molecular formula is C19H20N2O4. The van der Waals surface area contributed by atoms with E-state index in [0.29, 0.717) is 27.9 Å². The zero-order valence-corrected chi connectivity index (χ0v) is 14.7. The Kier molecular flexibility index (Phi) is 5.60. The number of aromatic amines is 1. The molecule has 0 aliphatic carbocycles. The molecule has 2 aromatic rings. The first-order valence-corrected chi connectivity index (χ1v) is 7.89. The summed E-state index contributed by atoms with van der Waals surface area (Å²) in [6.07, 6.45) is -0.246. The molecule has 2 rings (SSSR count). The monoisotopic (exact) mass is 340 g/mol. The average molecular weight is 340 g/mol. The van der Waals surface area contributed by atoms with Gasteiger partial charge in [-0.15, -0.1) is 0 Å². The Morgan fingerprint density at radius 1 is 1.24 bits per heavy atom. The highest BCUT2D eigenvalue weighted by Crippen LogP contribution is 2.21. The van der Waals surface area contributed by atoms with Crippen LogP contribution in [0.3, 0.4) is 0 Å². The Bertz CT molecular complexity index is 844. The summed E-state index contributed by atoms with van der Waals surface area (Å²) < 4.78 is 10.5. The third-order valence-electron chi connectivity index (χ3n) is 3.61. The van der Waals surface area contributed by atoms with Crippen molar-refractivity contribution in [1.29, 1.82) is 5.26 Å². The number of benzene rings is 1. The Balaban J connectivity index is 2.14. The molecule has 25 heavy (non-hydrogen) atoms. The first kappa shape index (κ1) is 18.3. The number of aryl methyl sites for hydroxylation is 1. The molecule has 130 valence electrons. The van der Waals surface area contributed by atoms with E-state index in [1.807, 2.05) is 6.07 Å². The zero-order chi connectivity index (χ0) is 18.6.